The Hall–Kier alpha value is -3.09. The molecule has 0 aliphatic rings. The van der Waals surface area contributed by atoms with Gasteiger partial charge in [-0.3, -0.25) is 0 Å². The fourth-order valence-corrected chi connectivity index (χ4v) is 2.40. The molecule has 3 aromatic rings. The Morgan fingerprint density at radius 3 is 2.33 bits per heavy atom. The van der Waals surface area contributed by atoms with Crippen LogP contribution < -0.4 is 0 Å². The zero-order valence-corrected chi connectivity index (χ0v) is 12.7. The molecule has 1 aromatic heterocycles. The first-order chi connectivity index (χ1) is 11.5. The van der Waals surface area contributed by atoms with Crippen LogP contribution in [0.4, 0.5) is 8.78 Å². The summed E-state index contributed by atoms with van der Waals surface area (Å²) in [5.41, 5.74) is 1.28. The van der Waals surface area contributed by atoms with Crippen molar-refractivity contribution >= 4 is 5.97 Å². The average molecular weight is 329 g/mol. The predicted molar refractivity (Wildman–Crippen MR) is 82.6 cm³/mol. The van der Waals surface area contributed by atoms with Crippen LogP contribution in [0.1, 0.15) is 21.6 Å². The van der Waals surface area contributed by atoms with Crippen LogP contribution in [-0.2, 0) is 6.54 Å². The minimum Gasteiger partial charge on any atom is -0.476 e. The van der Waals surface area contributed by atoms with Crippen molar-refractivity contribution in [1.29, 1.82) is 0 Å². The Morgan fingerprint density at radius 2 is 1.75 bits per heavy atom. The fourth-order valence-electron chi connectivity index (χ4n) is 2.40. The molecule has 0 bridgehead atoms. The van der Waals surface area contributed by atoms with Gasteiger partial charge in [0.2, 0.25) is 0 Å². The maximum Gasteiger partial charge on any atom is 0.358 e. The molecule has 0 amide bonds. The van der Waals surface area contributed by atoms with Gasteiger partial charge in [0, 0.05) is 11.1 Å². The van der Waals surface area contributed by atoms with Crippen molar-refractivity contribution in [3.8, 4) is 11.3 Å². The van der Waals surface area contributed by atoms with E-state index in [2.05, 4.69) is 10.3 Å². The van der Waals surface area contributed by atoms with Crippen molar-refractivity contribution in [3.63, 3.8) is 0 Å². The first kappa shape index (κ1) is 15.8. The lowest BCUT2D eigenvalue weighted by atomic mass is 10.1. The molecule has 122 valence electrons. The molecule has 0 atom stereocenters. The largest absolute Gasteiger partial charge is 0.476 e. The molecular formula is C17H13F2N3O2. The van der Waals surface area contributed by atoms with Gasteiger partial charge in [-0.2, -0.15) is 0 Å². The molecule has 0 spiro atoms. The monoisotopic (exact) mass is 329 g/mol. The highest BCUT2D eigenvalue weighted by Gasteiger charge is 2.22. The van der Waals surface area contributed by atoms with E-state index in [0.29, 0.717) is 5.56 Å². The van der Waals surface area contributed by atoms with E-state index in [-0.39, 0.29) is 23.5 Å². The summed E-state index contributed by atoms with van der Waals surface area (Å²) in [6.07, 6.45) is 0. The van der Waals surface area contributed by atoms with Gasteiger partial charge in [0.05, 0.1) is 6.54 Å². The number of carboxylic acids is 1. The molecule has 1 N–H and O–H groups in total. The number of hydrogen-bond acceptors (Lipinski definition) is 3. The van der Waals surface area contributed by atoms with Gasteiger partial charge in [-0.15, -0.1) is 5.10 Å². The number of nitrogens with zero attached hydrogens (tertiary/aromatic N) is 3. The van der Waals surface area contributed by atoms with Crippen LogP contribution in [0.15, 0.2) is 42.5 Å². The normalized spacial score (nSPS) is 10.8. The fraction of sp³-hybridized carbons (Fsp3) is 0.118. The Labute approximate surface area is 136 Å². The van der Waals surface area contributed by atoms with Gasteiger partial charge in [-0.1, -0.05) is 41.1 Å². The van der Waals surface area contributed by atoms with Crippen LogP contribution in [-0.4, -0.2) is 26.1 Å². The maximum absolute atomic E-state index is 13.9. The van der Waals surface area contributed by atoms with Crippen molar-refractivity contribution in [2.45, 2.75) is 13.5 Å². The van der Waals surface area contributed by atoms with Crippen molar-refractivity contribution < 1.29 is 18.7 Å². The van der Waals surface area contributed by atoms with Gasteiger partial charge < -0.3 is 5.11 Å². The molecule has 0 saturated heterocycles. The van der Waals surface area contributed by atoms with Crippen LogP contribution in [0, 0.1) is 18.6 Å². The molecule has 24 heavy (non-hydrogen) atoms. The van der Waals surface area contributed by atoms with Crippen molar-refractivity contribution in [3.05, 3.63) is 70.9 Å². The molecule has 0 fully saturated rings. The number of aryl methyl sites for hydroxylation is 1. The summed E-state index contributed by atoms with van der Waals surface area (Å²) in [5, 5.41) is 16.7. The molecule has 0 aliphatic carbocycles. The summed E-state index contributed by atoms with van der Waals surface area (Å²) in [5.74, 6) is -2.71. The summed E-state index contributed by atoms with van der Waals surface area (Å²) in [7, 11) is 0. The van der Waals surface area contributed by atoms with E-state index in [1.165, 1.54) is 10.7 Å². The minimum absolute atomic E-state index is 0.199. The van der Waals surface area contributed by atoms with Crippen molar-refractivity contribution in [1.82, 2.24) is 15.0 Å². The van der Waals surface area contributed by atoms with E-state index in [1.54, 1.807) is 12.1 Å². The zero-order valence-electron chi connectivity index (χ0n) is 12.7. The number of carbonyl (C=O) groups is 1. The molecule has 5 nitrogen and oxygen atoms in total. The number of benzene rings is 2. The number of rotatable bonds is 4. The summed E-state index contributed by atoms with van der Waals surface area (Å²) in [6, 6.07) is 10.6. The van der Waals surface area contributed by atoms with Gasteiger partial charge >= 0.3 is 5.97 Å². The predicted octanol–water partition coefficient (Wildman–Crippen LogP) is 3.28. The highest BCUT2D eigenvalue weighted by molar-refractivity contribution is 5.92. The number of halogens is 2. The van der Waals surface area contributed by atoms with Crippen molar-refractivity contribution in [2.75, 3.05) is 0 Å². The first-order valence-electron chi connectivity index (χ1n) is 7.14. The number of aromatic carboxylic acids is 1. The lowest BCUT2D eigenvalue weighted by molar-refractivity contribution is 0.0691. The second kappa shape index (κ2) is 6.19. The quantitative estimate of drug-likeness (QED) is 0.797. The van der Waals surface area contributed by atoms with E-state index >= 15 is 0 Å². The zero-order chi connectivity index (χ0) is 17.3. The van der Waals surface area contributed by atoms with E-state index in [0.717, 1.165) is 17.7 Å². The third-order valence-corrected chi connectivity index (χ3v) is 3.63. The number of carboxylic acid groups (broad SMARTS) is 1. The average Bonchev–Trinajstić information content (AvgIpc) is 2.96. The van der Waals surface area contributed by atoms with Gasteiger partial charge in [-0.05, 0) is 19.1 Å². The van der Waals surface area contributed by atoms with E-state index in [4.69, 9.17) is 0 Å². The summed E-state index contributed by atoms with van der Waals surface area (Å²) in [4.78, 5) is 11.4. The second-order valence-electron chi connectivity index (χ2n) is 5.32. The van der Waals surface area contributed by atoms with Crippen LogP contribution in [0.25, 0.3) is 11.3 Å². The standard InChI is InChI=1S/C17H13F2N3O2/c1-10-5-7-11(8-6-10)16-15(17(23)24)20-21-22(16)9-12-13(18)3-2-4-14(12)19/h2-8H,9H2,1H3,(H,23,24). The maximum atomic E-state index is 13.9. The van der Waals surface area contributed by atoms with E-state index in [1.807, 2.05) is 19.1 Å². The Bertz CT molecular complexity index is 884. The first-order valence-corrected chi connectivity index (χ1v) is 7.14. The molecular weight excluding hydrogens is 316 g/mol. The molecule has 2 aromatic carbocycles. The Kier molecular flexibility index (Phi) is 4.07. The topological polar surface area (TPSA) is 68.0 Å². The second-order valence-corrected chi connectivity index (χ2v) is 5.32. The number of aromatic nitrogens is 3. The van der Waals surface area contributed by atoms with Crippen LogP contribution in [0.2, 0.25) is 0 Å². The lowest BCUT2D eigenvalue weighted by Gasteiger charge is -2.09. The van der Waals surface area contributed by atoms with Crippen LogP contribution in [0.5, 0.6) is 0 Å². The van der Waals surface area contributed by atoms with Gasteiger partial charge in [0.25, 0.3) is 0 Å². The van der Waals surface area contributed by atoms with Gasteiger partial charge in [-0.25, -0.2) is 18.3 Å². The highest BCUT2D eigenvalue weighted by Crippen LogP contribution is 2.24. The molecule has 0 aliphatic heterocycles. The van der Waals surface area contributed by atoms with Crippen LogP contribution >= 0.6 is 0 Å². The minimum atomic E-state index is -1.26. The highest BCUT2D eigenvalue weighted by atomic mass is 19.1. The molecule has 7 heteroatoms. The third-order valence-electron chi connectivity index (χ3n) is 3.63. The molecule has 0 unspecified atom stereocenters. The SMILES string of the molecule is Cc1ccc(-c2c(C(=O)O)nnn2Cc2c(F)cccc2F)cc1. The lowest BCUT2D eigenvalue weighted by Crippen LogP contribution is -2.09. The summed E-state index contributed by atoms with van der Waals surface area (Å²) >= 11 is 0. The molecule has 0 saturated carbocycles. The van der Waals surface area contributed by atoms with Gasteiger partial charge in [0.1, 0.15) is 17.3 Å². The molecule has 3 rings (SSSR count). The van der Waals surface area contributed by atoms with Crippen LogP contribution in [0.3, 0.4) is 0 Å². The Balaban J connectivity index is 2.12. The molecule has 0 radical (unpaired) electrons. The van der Waals surface area contributed by atoms with Crippen molar-refractivity contribution in [2.24, 2.45) is 0 Å². The summed E-state index contributed by atoms with van der Waals surface area (Å²) in [6.45, 7) is 1.63. The van der Waals surface area contributed by atoms with E-state index in [9.17, 15) is 18.7 Å². The summed E-state index contributed by atoms with van der Waals surface area (Å²) < 4.78 is 28.9. The third kappa shape index (κ3) is 2.88. The smallest absolute Gasteiger partial charge is 0.358 e. The molecule has 1 heterocycles. The van der Waals surface area contributed by atoms with Gasteiger partial charge in [0.15, 0.2) is 5.69 Å². The number of hydrogen-bond donors (Lipinski definition) is 1. The Morgan fingerprint density at radius 1 is 1.12 bits per heavy atom. The van der Waals surface area contributed by atoms with E-state index < -0.39 is 17.6 Å².